The van der Waals surface area contributed by atoms with Gasteiger partial charge in [0, 0.05) is 13.2 Å². The van der Waals surface area contributed by atoms with Gasteiger partial charge in [-0.15, -0.1) is 0 Å². The molecule has 0 N–H and O–H groups in total. The van der Waals surface area contributed by atoms with E-state index >= 15 is 0 Å². The standard InChI is InChI=1S/C26H50O2/c1-21(2)11-9-13-24(7)17-19-27-26(16-15-23(5)6)28-20-18-25(8)14-10-12-22(3)4/h11-12,23-26H,9-10,13-20H2,1-8H3. The van der Waals surface area contributed by atoms with E-state index in [4.69, 9.17) is 9.47 Å². The molecular weight excluding hydrogens is 344 g/mol. The van der Waals surface area contributed by atoms with Gasteiger partial charge in [0.1, 0.15) is 0 Å². The van der Waals surface area contributed by atoms with Gasteiger partial charge in [-0.1, -0.05) is 51.0 Å². The second-order valence-corrected chi connectivity index (χ2v) is 9.65. The summed E-state index contributed by atoms with van der Waals surface area (Å²) in [5.74, 6) is 2.11. The highest BCUT2D eigenvalue weighted by molar-refractivity contribution is 4.93. The second kappa shape index (κ2) is 17.3. The van der Waals surface area contributed by atoms with Crippen molar-refractivity contribution in [1.29, 1.82) is 0 Å². The summed E-state index contributed by atoms with van der Waals surface area (Å²) in [5.41, 5.74) is 2.83. The maximum absolute atomic E-state index is 6.14. The Morgan fingerprint density at radius 3 is 1.39 bits per heavy atom. The van der Waals surface area contributed by atoms with Crippen LogP contribution in [0.3, 0.4) is 0 Å². The van der Waals surface area contributed by atoms with Crippen molar-refractivity contribution in [1.82, 2.24) is 0 Å². The van der Waals surface area contributed by atoms with Crippen LogP contribution in [0.5, 0.6) is 0 Å². The molecule has 0 fully saturated rings. The average molecular weight is 395 g/mol. The lowest BCUT2D eigenvalue weighted by atomic mass is 10.0. The molecule has 0 aliphatic carbocycles. The number of hydrogen-bond donors (Lipinski definition) is 0. The van der Waals surface area contributed by atoms with Crippen molar-refractivity contribution in [2.24, 2.45) is 17.8 Å². The van der Waals surface area contributed by atoms with E-state index in [1.807, 2.05) is 0 Å². The van der Waals surface area contributed by atoms with Crippen LogP contribution in [0.4, 0.5) is 0 Å². The van der Waals surface area contributed by atoms with Crippen molar-refractivity contribution in [3.63, 3.8) is 0 Å². The Balaban J connectivity index is 4.14. The molecule has 2 nitrogen and oxygen atoms in total. The zero-order valence-electron chi connectivity index (χ0n) is 20.4. The third-order valence-corrected chi connectivity index (χ3v) is 5.23. The van der Waals surface area contributed by atoms with E-state index in [2.05, 4.69) is 67.5 Å². The predicted octanol–water partition coefficient (Wildman–Crippen LogP) is 8.33. The monoisotopic (exact) mass is 394 g/mol. The van der Waals surface area contributed by atoms with E-state index in [1.165, 1.54) is 36.8 Å². The van der Waals surface area contributed by atoms with Crippen LogP contribution >= 0.6 is 0 Å². The Morgan fingerprint density at radius 2 is 1.04 bits per heavy atom. The molecule has 0 aliphatic rings. The van der Waals surface area contributed by atoms with Gasteiger partial charge in [0.25, 0.3) is 0 Å². The predicted molar refractivity (Wildman–Crippen MR) is 125 cm³/mol. The van der Waals surface area contributed by atoms with E-state index in [0.29, 0.717) is 17.8 Å². The summed E-state index contributed by atoms with van der Waals surface area (Å²) in [6.45, 7) is 19.5. The van der Waals surface area contributed by atoms with Crippen LogP contribution in [0.25, 0.3) is 0 Å². The molecule has 0 aromatic heterocycles. The van der Waals surface area contributed by atoms with Crippen molar-refractivity contribution >= 4 is 0 Å². The van der Waals surface area contributed by atoms with Crippen LogP contribution < -0.4 is 0 Å². The summed E-state index contributed by atoms with van der Waals surface area (Å²) in [5, 5.41) is 0. The lowest BCUT2D eigenvalue weighted by Crippen LogP contribution is -2.21. The van der Waals surface area contributed by atoms with Gasteiger partial charge in [-0.05, 0) is 96.8 Å². The molecule has 0 rings (SSSR count). The second-order valence-electron chi connectivity index (χ2n) is 9.65. The number of allylic oxidation sites excluding steroid dienone is 4. The van der Waals surface area contributed by atoms with Crippen molar-refractivity contribution in [3.8, 4) is 0 Å². The molecule has 0 spiro atoms. The first-order valence-corrected chi connectivity index (χ1v) is 11.7. The van der Waals surface area contributed by atoms with Crippen LogP contribution in [0.1, 0.15) is 107 Å². The summed E-state index contributed by atoms with van der Waals surface area (Å²) in [7, 11) is 0. The van der Waals surface area contributed by atoms with E-state index in [-0.39, 0.29) is 6.29 Å². The van der Waals surface area contributed by atoms with Crippen molar-refractivity contribution < 1.29 is 9.47 Å². The molecule has 28 heavy (non-hydrogen) atoms. The molecular formula is C26H50O2. The largest absolute Gasteiger partial charge is 0.353 e. The van der Waals surface area contributed by atoms with Crippen molar-refractivity contribution in [2.45, 2.75) is 113 Å². The molecule has 2 atom stereocenters. The molecule has 0 aromatic carbocycles. The zero-order chi connectivity index (χ0) is 21.4. The van der Waals surface area contributed by atoms with E-state index in [0.717, 1.165) is 38.9 Å². The molecule has 0 aromatic rings. The van der Waals surface area contributed by atoms with Gasteiger partial charge in [-0.3, -0.25) is 0 Å². The minimum atomic E-state index is -0.0302. The average Bonchev–Trinajstić information content (AvgIpc) is 2.58. The Labute approximate surface area is 177 Å². The molecule has 0 saturated carbocycles. The summed E-state index contributed by atoms with van der Waals surface area (Å²) < 4.78 is 12.3. The van der Waals surface area contributed by atoms with Gasteiger partial charge in [-0.2, -0.15) is 0 Å². The lowest BCUT2D eigenvalue weighted by Gasteiger charge is -2.21. The van der Waals surface area contributed by atoms with Gasteiger partial charge >= 0.3 is 0 Å². The summed E-state index contributed by atoms with van der Waals surface area (Å²) >= 11 is 0. The van der Waals surface area contributed by atoms with Crippen LogP contribution in [0.2, 0.25) is 0 Å². The molecule has 166 valence electrons. The fourth-order valence-electron chi connectivity index (χ4n) is 3.09. The fourth-order valence-corrected chi connectivity index (χ4v) is 3.09. The fraction of sp³-hybridized carbons (Fsp3) is 0.846. The minimum absolute atomic E-state index is 0.0302. The van der Waals surface area contributed by atoms with Gasteiger partial charge < -0.3 is 9.47 Å². The first-order valence-electron chi connectivity index (χ1n) is 11.7. The Hall–Kier alpha value is -0.600. The minimum Gasteiger partial charge on any atom is -0.353 e. The molecule has 2 heteroatoms. The van der Waals surface area contributed by atoms with Crippen LogP contribution in [0, 0.1) is 17.8 Å². The number of ether oxygens (including phenoxy) is 2. The summed E-state index contributed by atoms with van der Waals surface area (Å²) in [6.07, 6.45) is 13.9. The number of hydrogen-bond acceptors (Lipinski definition) is 2. The summed E-state index contributed by atoms with van der Waals surface area (Å²) in [4.78, 5) is 0. The van der Waals surface area contributed by atoms with Crippen LogP contribution in [-0.4, -0.2) is 19.5 Å². The SMILES string of the molecule is CC(C)=CCCC(C)CCOC(CCC(C)C)OCCC(C)CCC=C(C)C. The van der Waals surface area contributed by atoms with Crippen LogP contribution in [0.15, 0.2) is 23.3 Å². The molecule has 0 radical (unpaired) electrons. The van der Waals surface area contributed by atoms with Gasteiger partial charge in [0.2, 0.25) is 0 Å². The lowest BCUT2D eigenvalue weighted by molar-refractivity contribution is -0.151. The van der Waals surface area contributed by atoms with Gasteiger partial charge in [0.05, 0.1) is 0 Å². The first kappa shape index (κ1) is 27.4. The van der Waals surface area contributed by atoms with Crippen molar-refractivity contribution in [2.75, 3.05) is 13.2 Å². The molecule has 0 saturated heterocycles. The topological polar surface area (TPSA) is 18.5 Å². The third-order valence-electron chi connectivity index (χ3n) is 5.23. The maximum atomic E-state index is 6.14. The van der Waals surface area contributed by atoms with Crippen LogP contribution in [-0.2, 0) is 9.47 Å². The van der Waals surface area contributed by atoms with E-state index in [1.54, 1.807) is 0 Å². The van der Waals surface area contributed by atoms with E-state index in [9.17, 15) is 0 Å². The number of rotatable bonds is 17. The molecule has 0 aliphatic heterocycles. The highest BCUT2D eigenvalue weighted by Gasteiger charge is 2.12. The Bertz CT molecular complexity index is 380. The maximum Gasteiger partial charge on any atom is 0.157 e. The Kier molecular flexibility index (Phi) is 16.9. The molecule has 0 heterocycles. The summed E-state index contributed by atoms with van der Waals surface area (Å²) in [6, 6.07) is 0. The normalized spacial score (nSPS) is 14.6. The van der Waals surface area contributed by atoms with Gasteiger partial charge in [-0.25, -0.2) is 0 Å². The molecule has 0 bridgehead atoms. The first-order chi connectivity index (χ1) is 13.2. The van der Waals surface area contributed by atoms with Gasteiger partial charge in [0.15, 0.2) is 6.29 Å². The molecule has 2 unspecified atom stereocenters. The highest BCUT2D eigenvalue weighted by Crippen LogP contribution is 2.17. The third kappa shape index (κ3) is 18.7. The molecule has 0 amide bonds. The smallest absolute Gasteiger partial charge is 0.157 e. The highest BCUT2D eigenvalue weighted by atomic mass is 16.7. The zero-order valence-corrected chi connectivity index (χ0v) is 20.4. The Morgan fingerprint density at radius 1 is 0.607 bits per heavy atom. The van der Waals surface area contributed by atoms with Crippen molar-refractivity contribution in [3.05, 3.63) is 23.3 Å². The van der Waals surface area contributed by atoms with E-state index < -0.39 is 0 Å². The quantitative estimate of drug-likeness (QED) is 0.182.